The lowest BCUT2D eigenvalue weighted by atomic mass is 9.84. The van der Waals surface area contributed by atoms with Crippen LogP contribution in [0, 0.1) is 5.92 Å². The highest BCUT2D eigenvalue weighted by molar-refractivity contribution is 14.0. The lowest BCUT2D eigenvalue weighted by Gasteiger charge is -2.35. The predicted molar refractivity (Wildman–Crippen MR) is 119 cm³/mol. The predicted octanol–water partition coefficient (Wildman–Crippen LogP) is 3.01. The van der Waals surface area contributed by atoms with Crippen molar-refractivity contribution in [3.8, 4) is 0 Å². The van der Waals surface area contributed by atoms with Crippen molar-refractivity contribution < 1.29 is 4.79 Å². The van der Waals surface area contributed by atoms with Crippen molar-refractivity contribution in [1.29, 1.82) is 0 Å². The monoisotopic (exact) mass is 472 g/mol. The summed E-state index contributed by atoms with van der Waals surface area (Å²) in [6, 6.07) is 10.6. The molecule has 1 aromatic rings. The first-order valence-corrected chi connectivity index (χ1v) is 9.18. The van der Waals surface area contributed by atoms with E-state index in [4.69, 9.17) is 0 Å². The lowest BCUT2D eigenvalue weighted by Crippen LogP contribution is -2.48. The van der Waals surface area contributed by atoms with Crippen LogP contribution in [-0.4, -0.2) is 50.5 Å². The van der Waals surface area contributed by atoms with Crippen molar-refractivity contribution >= 4 is 35.8 Å². The summed E-state index contributed by atoms with van der Waals surface area (Å²) in [5.74, 6) is 1.59. The molecular formula is C20H33IN4O. The van der Waals surface area contributed by atoms with Gasteiger partial charge in [0.15, 0.2) is 5.96 Å². The number of hydrogen-bond acceptors (Lipinski definition) is 2. The van der Waals surface area contributed by atoms with E-state index in [0.29, 0.717) is 12.3 Å². The Balaban J connectivity index is 0.00000338. The summed E-state index contributed by atoms with van der Waals surface area (Å²) in [4.78, 5) is 18.3. The molecule has 1 fully saturated rings. The fourth-order valence-electron chi connectivity index (χ4n) is 3.34. The van der Waals surface area contributed by atoms with Crippen LogP contribution in [-0.2, 0) is 10.2 Å². The number of guanidine groups is 1. The van der Waals surface area contributed by atoms with Crippen molar-refractivity contribution in [2.75, 3.05) is 33.7 Å². The maximum Gasteiger partial charge on any atom is 0.220 e. The number of halogens is 1. The van der Waals surface area contributed by atoms with E-state index < -0.39 is 0 Å². The summed E-state index contributed by atoms with van der Waals surface area (Å²) >= 11 is 0. The quantitative estimate of drug-likeness (QED) is 0.394. The summed E-state index contributed by atoms with van der Waals surface area (Å²) in [7, 11) is 3.55. The number of likely N-dealkylation sites (tertiary alicyclic amines) is 1. The molecule has 26 heavy (non-hydrogen) atoms. The minimum absolute atomic E-state index is 0. The zero-order chi connectivity index (χ0) is 18.3. The number of piperidine rings is 1. The minimum Gasteiger partial charge on any atom is -0.359 e. The molecule has 2 rings (SSSR count). The topological polar surface area (TPSA) is 56.7 Å². The average Bonchev–Trinajstić information content (AvgIpc) is 2.64. The van der Waals surface area contributed by atoms with Crippen LogP contribution in [0.15, 0.2) is 35.3 Å². The summed E-state index contributed by atoms with van der Waals surface area (Å²) in [5.41, 5.74) is 1.36. The second kappa shape index (κ2) is 10.7. The van der Waals surface area contributed by atoms with Crippen LogP contribution in [0.3, 0.4) is 0 Å². The van der Waals surface area contributed by atoms with Gasteiger partial charge in [-0.2, -0.15) is 0 Å². The van der Waals surface area contributed by atoms with E-state index in [1.807, 2.05) is 7.05 Å². The molecule has 1 saturated heterocycles. The number of rotatable bonds is 5. The van der Waals surface area contributed by atoms with Gasteiger partial charge in [-0.15, -0.1) is 24.0 Å². The number of amides is 1. The Morgan fingerprint density at radius 1 is 1.23 bits per heavy atom. The van der Waals surface area contributed by atoms with Gasteiger partial charge < -0.3 is 15.5 Å². The van der Waals surface area contributed by atoms with Gasteiger partial charge in [0.1, 0.15) is 0 Å². The van der Waals surface area contributed by atoms with E-state index in [-0.39, 0.29) is 35.3 Å². The second-order valence-electron chi connectivity index (χ2n) is 7.46. The third kappa shape index (κ3) is 6.45. The van der Waals surface area contributed by atoms with E-state index in [2.05, 4.69) is 64.7 Å². The van der Waals surface area contributed by atoms with E-state index in [1.165, 1.54) is 5.56 Å². The number of aliphatic imine (C=N–C) groups is 1. The molecule has 6 heteroatoms. The maximum absolute atomic E-state index is 11.5. The summed E-state index contributed by atoms with van der Waals surface area (Å²) in [5, 5.41) is 6.26. The number of nitrogens with one attached hydrogen (secondary N) is 2. The van der Waals surface area contributed by atoms with Gasteiger partial charge in [-0.05, 0) is 24.3 Å². The maximum atomic E-state index is 11.5. The van der Waals surface area contributed by atoms with Gasteiger partial charge in [0, 0.05) is 45.6 Å². The second-order valence-corrected chi connectivity index (χ2v) is 7.46. The van der Waals surface area contributed by atoms with Crippen LogP contribution in [0.2, 0.25) is 0 Å². The Kier molecular flexibility index (Phi) is 9.39. The molecule has 2 N–H and O–H groups in total. The van der Waals surface area contributed by atoms with E-state index in [1.54, 1.807) is 7.05 Å². The Bertz CT molecular complexity index is 581. The van der Waals surface area contributed by atoms with Gasteiger partial charge in [-0.1, -0.05) is 44.2 Å². The van der Waals surface area contributed by atoms with E-state index in [0.717, 1.165) is 38.4 Å². The highest BCUT2D eigenvalue weighted by Crippen LogP contribution is 2.23. The zero-order valence-corrected chi connectivity index (χ0v) is 18.7. The van der Waals surface area contributed by atoms with Gasteiger partial charge in [-0.25, -0.2) is 0 Å². The Morgan fingerprint density at radius 2 is 1.85 bits per heavy atom. The number of carbonyl (C=O) groups is 1. The summed E-state index contributed by atoms with van der Waals surface area (Å²) in [6.07, 6.45) is 2.71. The molecule has 0 atom stereocenters. The molecule has 5 nitrogen and oxygen atoms in total. The molecule has 0 spiro atoms. The van der Waals surface area contributed by atoms with Crippen LogP contribution < -0.4 is 10.6 Å². The molecule has 1 aromatic carbocycles. The summed E-state index contributed by atoms with van der Waals surface area (Å²) < 4.78 is 0. The molecule has 0 saturated carbocycles. The van der Waals surface area contributed by atoms with E-state index in [9.17, 15) is 4.79 Å². The smallest absolute Gasteiger partial charge is 0.220 e. The molecule has 0 aromatic heterocycles. The fourth-order valence-corrected chi connectivity index (χ4v) is 3.34. The zero-order valence-electron chi connectivity index (χ0n) is 16.4. The molecule has 146 valence electrons. The van der Waals surface area contributed by atoms with Crippen molar-refractivity contribution in [1.82, 2.24) is 15.5 Å². The first-order valence-electron chi connectivity index (χ1n) is 9.18. The number of hydrogen-bond donors (Lipinski definition) is 2. The largest absolute Gasteiger partial charge is 0.359 e. The average molecular weight is 472 g/mol. The van der Waals surface area contributed by atoms with Gasteiger partial charge in [0.25, 0.3) is 0 Å². The first-order chi connectivity index (χ1) is 12.0. The number of benzene rings is 1. The standard InChI is InChI=1S/C20H32N4O.HI/c1-20(2,17-8-6-5-7-9-17)15-23-19(22-4)24-12-10-16(11-13-24)14-18(25)21-3;/h5-9,16H,10-15H2,1-4H3,(H,21,25)(H,22,23);1H. The van der Waals surface area contributed by atoms with Crippen LogP contribution >= 0.6 is 24.0 Å². The number of nitrogens with zero attached hydrogens (tertiary/aromatic N) is 2. The van der Waals surface area contributed by atoms with Gasteiger partial charge in [0.2, 0.25) is 5.91 Å². The first kappa shape index (κ1) is 22.7. The third-order valence-corrected chi connectivity index (χ3v) is 5.12. The number of carbonyl (C=O) groups excluding carboxylic acids is 1. The van der Waals surface area contributed by atoms with E-state index >= 15 is 0 Å². The summed E-state index contributed by atoms with van der Waals surface area (Å²) in [6.45, 7) is 7.23. The van der Waals surface area contributed by atoms with Crippen LogP contribution in [0.1, 0.15) is 38.7 Å². The molecule has 0 unspecified atom stereocenters. The molecule has 0 aliphatic carbocycles. The van der Waals surface area contributed by atoms with Crippen molar-refractivity contribution in [3.63, 3.8) is 0 Å². The Morgan fingerprint density at radius 3 is 2.38 bits per heavy atom. The third-order valence-electron chi connectivity index (χ3n) is 5.12. The fraction of sp³-hybridized carbons (Fsp3) is 0.600. The molecule has 1 aliphatic heterocycles. The SMILES string of the molecule is CN=C(NCC(C)(C)c1ccccc1)N1CCC(CC(=O)NC)CC1.I. The molecule has 0 bridgehead atoms. The van der Waals surface area contributed by atoms with Gasteiger partial charge >= 0.3 is 0 Å². The van der Waals surface area contributed by atoms with Crippen LogP contribution in [0.5, 0.6) is 0 Å². The Hall–Kier alpha value is -1.31. The lowest BCUT2D eigenvalue weighted by molar-refractivity contribution is -0.121. The van der Waals surface area contributed by atoms with Crippen molar-refractivity contribution in [2.24, 2.45) is 10.9 Å². The van der Waals surface area contributed by atoms with Gasteiger partial charge in [0.05, 0.1) is 0 Å². The molecular weight excluding hydrogens is 439 g/mol. The minimum atomic E-state index is 0. The highest BCUT2D eigenvalue weighted by atomic mass is 127. The van der Waals surface area contributed by atoms with Gasteiger partial charge in [-0.3, -0.25) is 9.79 Å². The van der Waals surface area contributed by atoms with Crippen LogP contribution in [0.4, 0.5) is 0 Å². The van der Waals surface area contributed by atoms with Crippen molar-refractivity contribution in [2.45, 2.75) is 38.5 Å². The molecule has 1 amide bonds. The molecule has 1 aliphatic rings. The molecule has 0 radical (unpaired) electrons. The Labute approximate surface area is 175 Å². The van der Waals surface area contributed by atoms with Crippen molar-refractivity contribution in [3.05, 3.63) is 35.9 Å². The van der Waals surface area contributed by atoms with Crippen LogP contribution in [0.25, 0.3) is 0 Å². The highest BCUT2D eigenvalue weighted by Gasteiger charge is 2.25. The normalized spacial score (nSPS) is 16.0. The molecule has 1 heterocycles.